The van der Waals surface area contributed by atoms with Gasteiger partial charge in [0.25, 0.3) is 11.8 Å². The van der Waals surface area contributed by atoms with E-state index < -0.39 is 29.7 Å². The van der Waals surface area contributed by atoms with Crippen LogP contribution < -0.4 is 14.8 Å². The van der Waals surface area contributed by atoms with Gasteiger partial charge in [-0.05, 0) is 107 Å². The van der Waals surface area contributed by atoms with Crippen LogP contribution in [0.5, 0.6) is 11.6 Å². The van der Waals surface area contributed by atoms with Crippen molar-refractivity contribution in [3.63, 3.8) is 0 Å². The topological polar surface area (TPSA) is 145 Å². The molecule has 3 fully saturated rings. The van der Waals surface area contributed by atoms with Crippen LogP contribution in [0.15, 0.2) is 73.2 Å². The predicted molar refractivity (Wildman–Crippen MR) is 226 cm³/mol. The Morgan fingerprint density at radius 2 is 1.60 bits per heavy atom. The molecule has 1 unspecified atom stereocenters. The Balaban J connectivity index is 0.682. The zero-order valence-electron chi connectivity index (χ0n) is 34.5. The van der Waals surface area contributed by atoms with E-state index in [1.807, 2.05) is 24.7 Å². The first-order chi connectivity index (χ1) is 29.1. The summed E-state index contributed by atoms with van der Waals surface area (Å²) in [5.41, 5.74) is 4.98. The first-order valence-corrected chi connectivity index (χ1v) is 21.5. The molecule has 4 aliphatic rings. The number of hydrogen-bond acceptors (Lipinski definition) is 10. The van der Waals surface area contributed by atoms with Gasteiger partial charge in [-0.15, -0.1) is 0 Å². The number of piperidine rings is 1. The van der Waals surface area contributed by atoms with Gasteiger partial charge in [0, 0.05) is 84.9 Å². The number of pyridine rings is 2. The lowest BCUT2D eigenvalue weighted by atomic mass is 9.88. The molecule has 13 heteroatoms. The van der Waals surface area contributed by atoms with E-state index >= 15 is 0 Å². The molecule has 13 nitrogen and oxygen atoms in total. The van der Waals surface area contributed by atoms with Gasteiger partial charge >= 0.3 is 0 Å². The highest BCUT2D eigenvalue weighted by Crippen LogP contribution is 2.36. The number of unbranched alkanes of at least 4 members (excludes halogenated alkanes) is 1. The van der Waals surface area contributed by atoms with Crippen molar-refractivity contribution in [2.75, 3.05) is 13.2 Å². The van der Waals surface area contributed by atoms with Crippen molar-refractivity contribution in [1.82, 2.24) is 29.7 Å². The van der Waals surface area contributed by atoms with Gasteiger partial charge in [0.05, 0.1) is 35.5 Å². The van der Waals surface area contributed by atoms with E-state index in [2.05, 4.69) is 76.0 Å². The van der Waals surface area contributed by atoms with E-state index in [0.717, 1.165) is 79.3 Å². The van der Waals surface area contributed by atoms with Crippen molar-refractivity contribution in [2.45, 2.75) is 114 Å². The van der Waals surface area contributed by atoms with Gasteiger partial charge in [-0.3, -0.25) is 39.3 Å². The second kappa shape index (κ2) is 16.8. The number of nitrogens with one attached hydrogen (secondary N) is 1. The van der Waals surface area contributed by atoms with Crippen molar-refractivity contribution in [3.05, 3.63) is 84.3 Å². The molecule has 9 rings (SSSR count). The molecule has 0 bridgehead atoms. The lowest BCUT2D eigenvalue weighted by Crippen LogP contribution is -2.54. The first kappa shape index (κ1) is 39.8. The molecule has 60 heavy (non-hydrogen) atoms. The first-order valence-electron chi connectivity index (χ1n) is 21.5. The number of ether oxygens (including phenoxy) is 3. The normalized spacial score (nSPS) is 23.1. The summed E-state index contributed by atoms with van der Waals surface area (Å²) in [7, 11) is 2.09. The molecule has 3 aromatic heterocycles. The number of hydrogen-bond donors (Lipinski definition) is 1. The Kier molecular flexibility index (Phi) is 11.1. The quantitative estimate of drug-likeness (QED) is 0.0920. The van der Waals surface area contributed by atoms with Crippen molar-refractivity contribution >= 4 is 45.4 Å². The average Bonchev–Trinajstić information content (AvgIpc) is 3.66. The summed E-state index contributed by atoms with van der Waals surface area (Å²) >= 11 is 0. The summed E-state index contributed by atoms with van der Waals surface area (Å²) in [5, 5.41) is 4.58. The Morgan fingerprint density at radius 3 is 2.37 bits per heavy atom. The Labute approximate surface area is 349 Å². The Bertz CT molecular complexity index is 2430. The largest absolute Gasteiger partial charge is 0.494 e. The maximum atomic E-state index is 13.2. The van der Waals surface area contributed by atoms with E-state index in [4.69, 9.17) is 14.2 Å². The van der Waals surface area contributed by atoms with Crippen LogP contribution in [0.4, 0.5) is 0 Å². The van der Waals surface area contributed by atoms with Crippen molar-refractivity contribution in [2.24, 2.45) is 7.05 Å². The second-order valence-electron chi connectivity index (χ2n) is 17.0. The number of aromatic nitrogens is 3. The number of carbonyl (C=O) groups excluding carboxylic acids is 4. The average molecular weight is 813 g/mol. The summed E-state index contributed by atoms with van der Waals surface area (Å²) in [6, 6.07) is 17.5. The third-order valence-electron chi connectivity index (χ3n) is 12.9. The summed E-state index contributed by atoms with van der Waals surface area (Å²) in [4.78, 5) is 62.7. The van der Waals surface area contributed by atoms with Gasteiger partial charge in [0.15, 0.2) is 0 Å². The minimum atomic E-state index is -0.987. The molecule has 2 aliphatic carbocycles. The van der Waals surface area contributed by atoms with Gasteiger partial charge in [0.2, 0.25) is 17.7 Å². The lowest BCUT2D eigenvalue weighted by Gasteiger charge is -2.42. The fourth-order valence-corrected chi connectivity index (χ4v) is 9.52. The second-order valence-corrected chi connectivity index (χ2v) is 17.0. The minimum Gasteiger partial charge on any atom is -0.494 e. The number of aryl methyl sites for hydroxylation is 1. The van der Waals surface area contributed by atoms with Crippen molar-refractivity contribution < 1.29 is 33.4 Å². The van der Waals surface area contributed by atoms with E-state index in [9.17, 15) is 19.2 Å². The maximum absolute atomic E-state index is 13.2. The van der Waals surface area contributed by atoms with Crippen LogP contribution in [0.2, 0.25) is 0 Å². The molecule has 2 saturated carbocycles. The SMILES string of the molecule is CC(C)N(CCCCOc1ccc2c(c1)C(=O)N(C1CCC(=O)NC1=O)C2=O)[C@H]1CC[C@H](O[C@H]2C[C@H](Oc3ccc(-c4ccc5c6cnccc6n(C)c5c4)cn3)C2)CC1. The summed E-state index contributed by atoms with van der Waals surface area (Å²) < 4.78 is 21.0. The molecule has 5 heterocycles. The van der Waals surface area contributed by atoms with Crippen LogP contribution in [0.3, 0.4) is 0 Å². The summed E-state index contributed by atoms with van der Waals surface area (Å²) in [6.45, 7) is 5.99. The third-order valence-corrected chi connectivity index (χ3v) is 12.9. The highest BCUT2D eigenvalue weighted by Gasteiger charge is 2.45. The molecule has 5 aromatic rings. The van der Waals surface area contributed by atoms with Gasteiger partial charge in [0.1, 0.15) is 17.9 Å². The lowest BCUT2D eigenvalue weighted by molar-refractivity contribution is -0.136. The molecule has 312 valence electrons. The number of imide groups is 2. The van der Waals surface area contributed by atoms with E-state index in [-0.39, 0.29) is 42.3 Å². The number of fused-ring (bicyclic) bond motifs is 4. The third kappa shape index (κ3) is 7.88. The molecule has 1 saturated heterocycles. The maximum Gasteiger partial charge on any atom is 0.262 e. The number of rotatable bonds is 14. The molecule has 0 radical (unpaired) electrons. The predicted octanol–water partition coefficient (Wildman–Crippen LogP) is 7.00. The van der Waals surface area contributed by atoms with Crippen LogP contribution in [0.1, 0.15) is 98.8 Å². The number of carbonyl (C=O) groups is 4. The Hall–Kier alpha value is -5.66. The monoisotopic (exact) mass is 812 g/mol. The van der Waals surface area contributed by atoms with Crippen LogP contribution in [-0.4, -0.2) is 97.6 Å². The zero-order chi connectivity index (χ0) is 41.5. The van der Waals surface area contributed by atoms with Gasteiger partial charge in [-0.1, -0.05) is 12.1 Å². The van der Waals surface area contributed by atoms with Gasteiger partial charge in [-0.25, -0.2) is 4.98 Å². The molecule has 0 spiro atoms. The van der Waals surface area contributed by atoms with Gasteiger partial charge in [-0.2, -0.15) is 0 Å². The highest BCUT2D eigenvalue weighted by atomic mass is 16.5. The molecular formula is C47H52N6O7. The standard InChI is InChI=1S/C47H52N6O7/c1-28(2)52(20-4-5-21-58-33-12-14-37-38(25-33)47(57)53(46(37)56)41-15-16-43(54)50-45(41)55)31-8-10-32(11-9-31)59-34-23-35(24-34)60-44-17-7-30(26-49-44)29-6-13-36-39-27-48-19-18-40(39)51(3)42(36)22-29/h6-7,12-14,17-19,22,25-28,31-32,34-35,41H,4-5,8-11,15-16,20-21,23-24H2,1-3H3,(H,50,54,55)/t31-,32-,34-,35-,41?. The fourth-order valence-electron chi connectivity index (χ4n) is 9.52. The van der Waals surface area contributed by atoms with Crippen LogP contribution >= 0.6 is 0 Å². The van der Waals surface area contributed by atoms with Crippen LogP contribution in [-0.2, 0) is 21.4 Å². The van der Waals surface area contributed by atoms with Crippen molar-refractivity contribution in [3.8, 4) is 22.8 Å². The van der Waals surface area contributed by atoms with Crippen molar-refractivity contribution in [1.29, 1.82) is 0 Å². The summed E-state index contributed by atoms with van der Waals surface area (Å²) in [5.74, 6) is -0.907. The molecule has 2 aliphatic heterocycles. The van der Waals surface area contributed by atoms with Crippen LogP contribution in [0, 0.1) is 0 Å². The van der Waals surface area contributed by atoms with E-state index in [1.165, 1.54) is 16.4 Å². The van der Waals surface area contributed by atoms with Gasteiger partial charge < -0.3 is 18.8 Å². The molecule has 1 atom stereocenters. The Morgan fingerprint density at radius 1 is 0.800 bits per heavy atom. The molecular weight excluding hydrogens is 761 g/mol. The number of benzene rings is 2. The molecule has 4 amide bonds. The molecule has 2 aromatic carbocycles. The number of nitrogens with zero attached hydrogens (tertiary/aromatic N) is 5. The minimum absolute atomic E-state index is 0.0848. The highest BCUT2D eigenvalue weighted by molar-refractivity contribution is 6.23. The summed E-state index contributed by atoms with van der Waals surface area (Å²) in [6.07, 6.45) is 14.4. The zero-order valence-corrected chi connectivity index (χ0v) is 34.5. The smallest absolute Gasteiger partial charge is 0.262 e. The fraction of sp³-hybridized carbons (Fsp3) is 0.447. The number of amides is 4. The molecule has 1 N–H and O–H groups in total. The van der Waals surface area contributed by atoms with E-state index in [0.29, 0.717) is 30.3 Å². The van der Waals surface area contributed by atoms with E-state index in [1.54, 1.807) is 18.2 Å². The van der Waals surface area contributed by atoms with Crippen LogP contribution in [0.25, 0.3) is 32.9 Å².